The number of unbranched alkanes of at least 4 members (excludes halogenated alkanes) is 1. The molecule has 0 unspecified atom stereocenters. The molecule has 1 saturated heterocycles. The summed E-state index contributed by atoms with van der Waals surface area (Å²) in [7, 11) is 0. The topological polar surface area (TPSA) is 74.8 Å². The Hall–Kier alpha value is -2.67. The molecule has 0 bridgehead atoms. The Bertz CT molecular complexity index is 1020. The van der Waals surface area contributed by atoms with Gasteiger partial charge in [-0.1, -0.05) is 25.7 Å². The molecule has 7 nitrogen and oxygen atoms in total. The van der Waals surface area contributed by atoms with Crippen LogP contribution in [-0.4, -0.2) is 65.4 Å². The van der Waals surface area contributed by atoms with Crippen molar-refractivity contribution in [2.24, 2.45) is 0 Å². The van der Waals surface area contributed by atoms with Crippen LogP contribution >= 0.6 is 0 Å². The molecule has 5 rings (SSSR count). The molecule has 7 heteroatoms. The molecule has 1 saturated carbocycles. The number of hydrogen-bond donors (Lipinski definition) is 1. The van der Waals surface area contributed by atoms with Gasteiger partial charge in [0.15, 0.2) is 0 Å². The summed E-state index contributed by atoms with van der Waals surface area (Å²) in [5.74, 6) is 1.74. The number of piperazine rings is 1. The molecule has 2 amide bonds. The number of aromatic nitrogens is 1. The fourth-order valence-corrected chi connectivity index (χ4v) is 5.57. The first kappa shape index (κ1) is 23.1. The normalized spacial score (nSPS) is 19.6. The van der Waals surface area contributed by atoms with Crippen LogP contribution in [0.15, 0.2) is 24.3 Å². The highest BCUT2D eigenvalue weighted by Gasteiger charge is 2.26. The fourth-order valence-electron chi connectivity index (χ4n) is 5.57. The number of fused-ring (bicyclic) bond motifs is 2. The number of anilines is 1. The predicted molar refractivity (Wildman–Crippen MR) is 133 cm³/mol. The lowest BCUT2D eigenvalue weighted by molar-refractivity contribution is -0.133. The zero-order valence-electron chi connectivity index (χ0n) is 20.1. The number of carbonyl (C=O) groups excluding carboxylic acids is 2. The van der Waals surface area contributed by atoms with Crippen molar-refractivity contribution < 1.29 is 14.3 Å². The molecule has 2 aliphatic heterocycles. The predicted octanol–water partition coefficient (Wildman–Crippen LogP) is 4.15. The molecule has 0 radical (unpaired) electrons. The van der Waals surface area contributed by atoms with Crippen molar-refractivity contribution in [2.75, 3.05) is 38.1 Å². The second kappa shape index (κ2) is 10.7. The molecule has 2 fully saturated rings. The molecule has 2 aromatic rings. The second-order valence-corrected chi connectivity index (χ2v) is 9.94. The summed E-state index contributed by atoms with van der Waals surface area (Å²) in [5, 5.41) is 3.77. The average molecular weight is 465 g/mol. The quantitative estimate of drug-likeness (QED) is 0.492. The van der Waals surface area contributed by atoms with Crippen LogP contribution in [0, 0.1) is 0 Å². The maximum Gasteiger partial charge on any atom is 0.230 e. The number of nitrogens with zero attached hydrogens (tertiary/aromatic N) is 3. The van der Waals surface area contributed by atoms with Crippen LogP contribution in [0.2, 0.25) is 0 Å². The Balaban J connectivity index is 1.02. The van der Waals surface area contributed by atoms with Gasteiger partial charge in [-0.25, -0.2) is 4.98 Å². The lowest BCUT2D eigenvalue weighted by Crippen LogP contribution is -2.51. The molecule has 34 heavy (non-hydrogen) atoms. The van der Waals surface area contributed by atoms with E-state index in [-0.39, 0.29) is 11.8 Å². The molecule has 1 N–H and O–H groups in total. The van der Waals surface area contributed by atoms with Gasteiger partial charge in [-0.2, -0.15) is 0 Å². The van der Waals surface area contributed by atoms with Crippen molar-refractivity contribution in [3.05, 3.63) is 29.8 Å². The number of hydrogen-bond acceptors (Lipinski definition) is 5. The molecular weight excluding hydrogens is 428 g/mol. The lowest BCUT2D eigenvalue weighted by Gasteiger charge is -2.39. The summed E-state index contributed by atoms with van der Waals surface area (Å²) in [5.41, 5.74) is 1.78. The van der Waals surface area contributed by atoms with E-state index >= 15 is 0 Å². The van der Waals surface area contributed by atoms with Crippen LogP contribution in [0.1, 0.15) is 63.4 Å². The van der Waals surface area contributed by atoms with Crippen LogP contribution in [0.3, 0.4) is 0 Å². The second-order valence-electron chi connectivity index (χ2n) is 9.94. The van der Waals surface area contributed by atoms with E-state index in [1.807, 2.05) is 24.3 Å². The Kier molecular flexibility index (Phi) is 7.28. The highest BCUT2D eigenvalue weighted by atomic mass is 16.5. The summed E-state index contributed by atoms with van der Waals surface area (Å²) in [6.45, 7) is 4.41. The number of amides is 2. The largest absolute Gasteiger partial charge is 0.494 e. The van der Waals surface area contributed by atoms with Gasteiger partial charge in [0.1, 0.15) is 11.6 Å². The van der Waals surface area contributed by atoms with Crippen LogP contribution in [0.4, 0.5) is 5.82 Å². The van der Waals surface area contributed by atoms with Gasteiger partial charge in [0.2, 0.25) is 11.8 Å². The highest BCUT2D eigenvalue weighted by molar-refractivity contribution is 6.00. The van der Waals surface area contributed by atoms with E-state index in [1.165, 1.54) is 38.5 Å². The first-order valence-electron chi connectivity index (χ1n) is 13.0. The van der Waals surface area contributed by atoms with Crippen molar-refractivity contribution in [3.8, 4) is 5.75 Å². The summed E-state index contributed by atoms with van der Waals surface area (Å²) in [6, 6.07) is 8.56. The zero-order valence-corrected chi connectivity index (χ0v) is 20.1. The van der Waals surface area contributed by atoms with Gasteiger partial charge in [0, 0.05) is 49.6 Å². The monoisotopic (exact) mass is 464 g/mol. The third-order valence-corrected chi connectivity index (χ3v) is 7.54. The zero-order chi connectivity index (χ0) is 23.3. The van der Waals surface area contributed by atoms with E-state index in [2.05, 4.69) is 20.1 Å². The summed E-state index contributed by atoms with van der Waals surface area (Å²) >= 11 is 0. The van der Waals surface area contributed by atoms with E-state index in [0.717, 1.165) is 67.3 Å². The molecule has 1 aliphatic carbocycles. The third kappa shape index (κ3) is 5.52. The van der Waals surface area contributed by atoms with Crippen molar-refractivity contribution in [1.29, 1.82) is 0 Å². The number of benzene rings is 1. The van der Waals surface area contributed by atoms with E-state index in [1.54, 1.807) is 0 Å². The van der Waals surface area contributed by atoms with Crippen LogP contribution in [0.5, 0.6) is 5.75 Å². The van der Waals surface area contributed by atoms with Gasteiger partial charge < -0.3 is 15.0 Å². The average Bonchev–Trinajstić information content (AvgIpc) is 3.03. The highest BCUT2D eigenvalue weighted by Crippen LogP contribution is 2.28. The molecule has 3 aliphatic rings. The van der Waals surface area contributed by atoms with Gasteiger partial charge in [0.25, 0.3) is 0 Å². The Labute approximate surface area is 201 Å². The maximum absolute atomic E-state index is 12.7. The minimum Gasteiger partial charge on any atom is -0.494 e. The summed E-state index contributed by atoms with van der Waals surface area (Å²) in [4.78, 5) is 33.5. The molecule has 1 aromatic carbocycles. The Morgan fingerprint density at radius 1 is 1.03 bits per heavy atom. The SMILES string of the molecule is O=C1Cc2cc3cc(OCCCCC(=O)N4CCN(C5CCCCCC5)CC4)ccc3nc2N1. The molecule has 3 heterocycles. The molecule has 0 atom stereocenters. The van der Waals surface area contributed by atoms with Gasteiger partial charge >= 0.3 is 0 Å². The molecule has 182 valence electrons. The lowest BCUT2D eigenvalue weighted by atomic mass is 10.1. The number of pyridine rings is 1. The molecule has 0 spiro atoms. The number of rotatable bonds is 7. The van der Waals surface area contributed by atoms with E-state index < -0.39 is 0 Å². The molecule has 1 aromatic heterocycles. The van der Waals surface area contributed by atoms with Gasteiger partial charge in [-0.15, -0.1) is 0 Å². The van der Waals surface area contributed by atoms with E-state index in [0.29, 0.717) is 25.3 Å². The van der Waals surface area contributed by atoms with Gasteiger partial charge in [-0.3, -0.25) is 14.5 Å². The van der Waals surface area contributed by atoms with Gasteiger partial charge in [0.05, 0.1) is 18.5 Å². The van der Waals surface area contributed by atoms with E-state index in [4.69, 9.17) is 4.74 Å². The first-order chi connectivity index (χ1) is 16.7. The van der Waals surface area contributed by atoms with Crippen molar-refractivity contribution >= 4 is 28.5 Å². The fraction of sp³-hybridized carbons (Fsp3) is 0.593. The minimum absolute atomic E-state index is 0.00895. The molecular formula is C27H36N4O3. The van der Waals surface area contributed by atoms with E-state index in [9.17, 15) is 9.59 Å². The number of ether oxygens (including phenoxy) is 1. The van der Waals surface area contributed by atoms with Crippen molar-refractivity contribution in [2.45, 2.75) is 70.3 Å². The Morgan fingerprint density at radius 3 is 2.62 bits per heavy atom. The standard InChI is InChI=1S/C27H36N4O3/c32-25-19-21-17-20-18-23(10-11-24(20)28-27(21)29-25)34-16-6-5-9-26(33)31-14-12-30(13-15-31)22-7-3-1-2-4-8-22/h10-11,17-18,22H,1-9,12-16,19H2,(H,28,29,32). The van der Waals surface area contributed by atoms with Crippen LogP contribution in [-0.2, 0) is 16.0 Å². The number of nitrogens with one attached hydrogen (secondary N) is 1. The van der Waals surface area contributed by atoms with Crippen molar-refractivity contribution in [1.82, 2.24) is 14.8 Å². The smallest absolute Gasteiger partial charge is 0.230 e. The first-order valence-corrected chi connectivity index (χ1v) is 13.0. The maximum atomic E-state index is 12.7. The minimum atomic E-state index is -0.00895. The van der Waals surface area contributed by atoms with Crippen LogP contribution < -0.4 is 10.1 Å². The number of carbonyl (C=O) groups is 2. The third-order valence-electron chi connectivity index (χ3n) is 7.54. The summed E-state index contributed by atoms with van der Waals surface area (Å²) < 4.78 is 5.93. The van der Waals surface area contributed by atoms with Crippen molar-refractivity contribution in [3.63, 3.8) is 0 Å². The van der Waals surface area contributed by atoms with Gasteiger partial charge in [-0.05, 0) is 49.9 Å². The Morgan fingerprint density at radius 2 is 1.82 bits per heavy atom. The summed E-state index contributed by atoms with van der Waals surface area (Å²) in [6.07, 6.45) is 10.8. The van der Waals surface area contributed by atoms with Crippen LogP contribution in [0.25, 0.3) is 10.9 Å².